The standard InChI is InChI=1S/C14H18BrNO3/c1-4-7-16-14(18)10(3)19-13-8-11(15)5-6-12(13)9(2)17/h4-6,8-10,17H,1,7H2,2-3H3,(H,16,18)/t9-,10?/m1/s1. The number of rotatable bonds is 6. The number of hydrogen-bond acceptors (Lipinski definition) is 3. The molecule has 0 aliphatic heterocycles. The highest BCUT2D eigenvalue weighted by atomic mass is 79.9. The zero-order valence-corrected chi connectivity index (χ0v) is 12.6. The Hall–Kier alpha value is -1.33. The number of benzene rings is 1. The highest BCUT2D eigenvalue weighted by molar-refractivity contribution is 9.10. The molecule has 0 saturated heterocycles. The number of hydrogen-bond donors (Lipinski definition) is 2. The Kier molecular flexibility index (Phi) is 6.05. The Balaban J connectivity index is 2.83. The Bertz CT molecular complexity index is 460. The second-order valence-corrected chi connectivity index (χ2v) is 5.07. The molecule has 0 heterocycles. The van der Waals surface area contributed by atoms with Crippen LogP contribution in [0.4, 0.5) is 0 Å². The summed E-state index contributed by atoms with van der Waals surface area (Å²) in [7, 11) is 0. The minimum atomic E-state index is -0.661. The molecule has 1 aromatic rings. The average molecular weight is 328 g/mol. The third kappa shape index (κ3) is 4.69. The van der Waals surface area contributed by atoms with Gasteiger partial charge in [-0.05, 0) is 26.0 Å². The van der Waals surface area contributed by atoms with Crippen molar-refractivity contribution >= 4 is 21.8 Å². The van der Waals surface area contributed by atoms with Crippen LogP contribution in [0.15, 0.2) is 35.3 Å². The van der Waals surface area contributed by atoms with Crippen molar-refractivity contribution in [3.8, 4) is 5.75 Å². The molecule has 1 amide bonds. The van der Waals surface area contributed by atoms with Crippen LogP contribution < -0.4 is 10.1 Å². The molecule has 1 aromatic carbocycles. The lowest BCUT2D eigenvalue weighted by atomic mass is 10.1. The largest absolute Gasteiger partial charge is 0.480 e. The summed E-state index contributed by atoms with van der Waals surface area (Å²) < 4.78 is 6.43. The summed E-state index contributed by atoms with van der Waals surface area (Å²) in [4.78, 5) is 11.7. The lowest BCUT2D eigenvalue weighted by Gasteiger charge is -2.18. The molecule has 0 aromatic heterocycles. The van der Waals surface area contributed by atoms with Crippen LogP contribution in [-0.4, -0.2) is 23.7 Å². The minimum Gasteiger partial charge on any atom is -0.480 e. The molecule has 104 valence electrons. The summed E-state index contributed by atoms with van der Waals surface area (Å²) in [6.45, 7) is 7.24. The maximum atomic E-state index is 11.7. The number of carbonyl (C=O) groups is 1. The topological polar surface area (TPSA) is 58.6 Å². The van der Waals surface area contributed by atoms with Crippen LogP contribution in [-0.2, 0) is 4.79 Å². The lowest BCUT2D eigenvalue weighted by Crippen LogP contribution is -2.36. The number of carbonyl (C=O) groups excluding carboxylic acids is 1. The van der Waals surface area contributed by atoms with E-state index in [1.54, 1.807) is 32.1 Å². The molecule has 0 spiro atoms. The van der Waals surface area contributed by atoms with Gasteiger partial charge in [0.15, 0.2) is 6.10 Å². The number of halogens is 1. The quantitative estimate of drug-likeness (QED) is 0.789. The first-order chi connectivity index (χ1) is 8.95. The monoisotopic (exact) mass is 327 g/mol. The van der Waals surface area contributed by atoms with E-state index >= 15 is 0 Å². The number of aliphatic hydroxyl groups is 1. The van der Waals surface area contributed by atoms with Gasteiger partial charge in [0.2, 0.25) is 0 Å². The van der Waals surface area contributed by atoms with Crippen molar-refractivity contribution in [2.75, 3.05) is 6.54 Å². The van der Waals surface area contributed by atoms with E-state index in [0.717, 1.165) is 4.47 Å². The molecule has 0 bridgehead atoms. The molecule has 0 saturated carbocycles. The predicted molar refractivity (Wildman–Crippen MR) is 78.1 cm³/mol. The highest BCUT2D eigenvalue weighted by Gasteiger charge is 2.17. The van der Waals surface area contributed by atoms with Gasteiger partial charge < -0.3 is 15.2 Å². The zero-order valence-electron chi connectivity index (χ0n) is 11.0. The van der Waals surface area contributed by atoms with E-state index in [0.29, 0.717) is 17.9 Å². The van der Waals surface area contributed by atoms with Crippen molar-refractivity contribution in [3.63, 3.8) is 0 Å². The Morgan fingerprint density at radius 2 is 2.26 bits per heavy atom. The van der Waals surface area contributed by atoms with E-state index in [2.05, 4.69) is 27.8 Å². The molecule has 2 N–H and O–H groups in total. The molecule has 1 rings (SSSR count). The zero-order chi connectivity index (χ0) is 14.4. The lowest BCUT2D eigenvalue weighted by molar-refractivity contribution is -0.127. The van der Waals surface area contributed by atoms with Crippen LogP contribution in [0.25, 0.3) is 0 Å². The van der Waals surface area contributed by atoms with Gasteiger partial charge in [-0.3, -0.25) is 4.79 Å². The van der Waals surface area contributed by atoms with E-state index in [-0.39, 0.29) is 5.91 Å². The van der Waals surface area contributed by atoms with Gasteiger partial charge >= 0.3 is 0 Å². The summed E-state index contributed by atoms with van der Waals surface area (Å²) in [6.07, 6.45) is 0.295. The molecule has 4 nitrogen and oxygen atoms in total. The number of aliphatic hydroxyl groups excluding tert-OH is 1. The van der Waals surface area contributed by atoms with Gasteiger partial charge in [-0.2, -0.15) is 0 Å². The first kappa shape index (κ1) is 15.7. The second kappa shape index (κ2) is 7.31. The summed E-state index contributed by atoms with van der Waals surface area (Å²) in [5.41, 5.74) is 0.645. The van der Waals surface area contributed by atoms with Gasteiger partial charge in [-0.25, -0.2) is 0 Å². The van der Waals surface area contributed by atoms with Crippen molar-refractivity contribution < 1.29 is 14.6 Å². The van der Waals surface area contributed by atoms with Crippen LogP contribution in [0.2, 0.25) is 0 Å². The minimum absolute atomic E-state index is 0.226. The normalized spacial score (nSPS) is 13.5. The van der Waals surface area contributed by atoms with Crippen molar-refractivity contribution in [3.05, 3.63) is 40.9 Å². The first-order valence-electron chi connectivity index (χ1n) is 5.98. The van der Waals surface area contributed by atoms with Crippen LogP contribution >= 0.6 is 15.9 Å². The molecule has 19 heavy (non-hydrogen) atoms. The first-order valence-corrected chi connectivity index (χ1v) is 6.77. The van der Waals surface area contributed by atoms with Gasteiger partial charge in [0.25, 0.3) is 5.91 Å². The summed E-state index contributed by atoms with van der Waals surface area (Å²) in [5.74, 6) is 0.266. The molecule has 5 heteroatoms. The molecule has 0 radical (unpaired) electrons. The Labute approximate surface area is 121 Å². The molecule has 1 unspecified atom stereocenters. The fourth-order valence-corrected chi connectivity index (χ4v) is 1.86. The van der Waals surface area contributed by atoms with Crippen molar-refractivity contribution in [1.29, 1.82) is 0 Å². The van der Waals surface area contributed by atoms with Gasteiger partial charge in [0.05, 0.1) is 6.10 Å². The van der Waals surface area contributed by atoms with E-state index in [4.69, 9.17) is 4.74 Å². The maximum absolute atomic E-state index is 11.7. The molecule has 0 fully saturated rings. The molecule has 0 aliphatic carbocycles. The predicted octanol–water partition coefficient (Wildman–Crippen LogP) is 2.57. The van der Waals surface area contributed by atoms with Gasteiger partial charge in [0.1, 0.15) is 5.75 Å². The summed E-state index contributed by atoms with van der Waals surface area (Å²) >= 11 is 3.34. The summed E-state index contributed by atoms with van der Waals surface area (Å²) in [6, 6.07) is 5.31. The second-order valence-electron chi connectivity index (χ2n) is 4.15. The molecular formula is C14H18BrNO3. The SMILES string of the molecule is C=CCNC(=O)C(C)Oc1cc(Br)ccc1[C@@H](C)O. The molecule has 2 atom stereocenters. The average Bonchev–Trinajstić information content (AvgIpc) is 2.35. The number of amides is 1. The third-order valence-electron chi connectivity index (χ3n) is 2.52. The van der Waals surface area contributed by atoms with E-state index < -0.39 is 12.2 Å². The van der Waals surface area contributed by atoms with Gasteiger partial charge in [-0.15, -0.1) is 6.58 Å². The molecular weight excluding hydrogens is 310 g/mol. The van der Waals surface area contributed by atoms with Crippen molar-refractivity contribution in [2.45, 2.75) is 26.1 Å². The number of nitrogens with one attached hydrogen (secondary N) is 1. The van der Waals surface area contributed by atoms with Crippen LogP contribution in [0.1, 0.15) is 25.5 Å². The van der Waals surface area contributed by atoms with Crippen molar-refractivity contribution in [1.82, 2.24) is 5.32 Å². The number of ether oxygens (including phenoxy) is 1. The van der Waals surface area contributed by atoms with Crippen LogP contribution in [0, 0.1) is 0 Å². The van der Waals surface area contributed by atoms with E-state index in [9.17, 15) is 9.90 Å². The third-order valence-corrected chi connectivity index (χ3v) is 3.01. The molecule has 0 aliphatic rings. The van der Waals surface area contributed by atoms with Gasteiger partial charge in [0, 0.05) is 16.6 Å². The Morgan fingerprint density at radius 1 is 1.58 bits per heavy atom. The van der Waals surface area contributed by atoms with Crippen LogP contribution in [0.3, 0.4) is 0 Å². The fraction of sp³-hybridized carbons (Fsp3) is 0.357. The fourth-order valence-electron chi connectivity index (χ4n) is 1.52. The summed E-state index contributed by atoms with van der Waals surface area (Å²) in [5, 5.41) is 12.3. The van der Waals surface area contributed by atoms with Gasteiger partial charge in [-0.1, -0.05) is 28.1 Å². The Morgan fingerprint density at radius 3 is 2.84 bits per heavy atom. The van der Waals surface area contributed by atoms with E-state index in [1.165, 1.54) is 0 Å². The smallest absolute Gasteiger partial charge is 0.261 e. The van der Waals surface area contributed by atoms with Crippen LogP contribution in [0.5, 0.6) is 5.75 Å². The van der Waals surface area contributed by atoms with Crippen molar-refractivity contribution in [2.24, 2.45) is 0 Å². The van der Waals surface area contributed by atoms with E-state index in [1.807, 2.05) is 6.07 Å². The highest BCUT2D eigenvalue weighted by Crippen LogP contribution is 2.29. The maximum Gasteiger partial charge on any atom is 0.261 e.